The number of carbonyl (C=O) groups excluding carboxylic acids is 3. The molecule has 39 heavy (non-hydrogen) atoms. The van der Waals surface area contributed by atoms with Gasteiger partial charge in [0.2, 0.25) is 0 Å². The molecule has 1 aliphatic heterocycles. The fourth-order valence-corrected chi connectivity index (χ4v) is 4.36. The molecule has 3 aromatic carbocycles. The number of rotatable bonds is 9. The average Bonchev–Trinajstić information content (AvgIpc) is 3.18. The van der Waals surface area contributed by atoms with E-state index >= 15 is 0 Å². The maximum atomic E-state index is 13.5. The van der Waals surface area contributed by atoms with Crippen molar-refractivity contribution in [2.24, 2.45) is 0 Å². The molecule has 0 aromatic heterocycles. The molecule has 0 bridgehead atoms. The summed E-state index contributed by atoms with van der Waals surface area (Å²) in [7, 11) is 1.53. The topological polar surface area (TPSA) is 94.2 Å². The molecule has 0 aliphatic carbocycles. The fourth-order valence-electron chi connectivity index (χ4n) is 4.09. The first-order valence-corrected chi connectivity index (χ1v) is 13.0. The van der Waals surface area contributed by atoms with Gasteiger partial charge in [0.1, 0.15) is 11.5 Å². The van der Waals surface area contributed by atoms with Crippen LogP contribution < -0.4 is 19.7 Å². The minimum Gasteiger partial charge on any atom is -0.495 e. The van der Waals surface area contributed by atoms with E-state index in [1.807, 2.05) is 18.2 Å². The first-order chi connectivity index (χ1) is 18.8. The van der Waals surface area contributed by atoms with E-state index < -0.39 is 5.97 Å². The maximum Gasteiger partial charge on any atom is 0.340 e. The van der Waals surface area contributed by atoms with E-state index in [1.165, 1.54) is 12.0 Å². The van der Waals surface area contributed by atoms with E-state index in [4.69, 9.17) is 14.2 Å². The average molecular weight is 591 g/mol. The van der Waals surface area contributed by atoms with Crippen LogP contribution in [0.25, 0.3) is 6.08 Å². The van der Waals surface area contributed by atoms with Crippen molar-refractivity contribution in [1.82, 2.24) is 0 Å². The Labute approximate surface area is 235 Å². The first-order valence-electron chi connectivity index (χ1n) is 12.2. The van der Waals surface area contributed by atoms with E-state index in [0.717, 1.165) is 4.47 Å². The van der Waals surface area contributed by atoms with Gasteiger partial charge in [-0.25, -0.2) is 4.79 Å². The van der Waals surface area contributed by atoms with Gasteiger partial charge in [-0.05, 0) is 74.0 Å². The van der Waals surface area contributed by atoms with Gasteiger partial charge in [0.15, 0.2) is 6.61 Å². The molecule has 0 fully saturated rings. The Morgan fingerprint density at radius 1 is 1.00 bits per heavy atom. The lowest BCUT2D eigenvalue weighted by Crippen LogP contribution is -2.24. The van der Waals surface area contributed by atoms with Gasteiger partial charge in [0.25, 0.3) is 11.8 Å². The van der Waals surface area contributed by atoms with Crippen LogP contribution in [0.15, 0.2) is 94.1 Å². The second-order valence-corrected chi connectivity index (χ2v) is 9.38. The molecule has 0 spiro atoms. The number of esters is 1. The summed E-state index contributed by atoms with van der Waals surface area (Å²) in [6.07, 6.45) is 1.65. The summed E-state index contributed by atoms with van der Waals surface area (Å²) < 4.78 is 17.0. The van der Waals surface area contributed by atoms with Crippen LogP contribution >= 0.6 is 15.9 Å². The third-order valence-corrected chi connectivity index (χ3v) is 6.44. The molecule has 4 rings (SSSR count). The molecule has 0 unspecified atom stereocenters. The molecule has 0 radical (unpaired) electrons. The number of nitrogens with one attached hydrogen (secondary N) is 1. The molecule has 3 aromatic rings. The SMILES string of the molecule is CCOC(=O)C1=C(C)N(c2ccc(Br)cc2)C(=O)/C1=C\c1ccc(OCC(=O)Nc2ccccc2OC)cc1. The number of hydrogen-bond donors (Lipinski definition) is 1. The summed E-state index contributed by atoms with van der Waals surface area (Å²) in [5.41, 5.74) is 2.82. The summed E-state index contributed by atoms with van der Waals surface area (Å²) in [5.74, 6) is -0.204. The Kier molecular flexibility index (Phi) is 8.83. The van der Waals surface area contributed by atoms with Crippen molar-refractivity contribution in [3.8, 4) is 11.5 Å². The third-order valence-electron chi connectivity index (χ3n) is 5.91. The number of benzene rings is 3. The van der Waals surface area contributed by atoms with Crippen LogP contribution in [0.5, 0.6) is 11.5 Å². The summed E-state index contributed by atoms with van der Waals surface area (Å²) in [6.45, 7) is 3.43. The highest BCUT2D eigenvalue weighted by Gasteiger charge is 2.38. The smallest absolute Gasteiger partial charge is 0.340 e. The quantitative estimate of drug-likeness (QED) is 0.252. The molecule has 0 atom stereocenters. The summed E-state index contributed by atoms with van der Waals surface area (Å²) in [6, 6.07) is 21.2. The Balaban J connectivity index is 1.51. The van der Waals surface area contributed by atoms with Gasteiger partial charge >= 0.3 is 5.97 Å². The van der Waals surface area contributed by atoms with Crippen LogP contribution in [0.1, 0.15) is 19.4 Å². The van der Waals surface area contributed by atoms with Gasteiger partial charge < -0.3 is 19.5 Å². The summed E-state index contributed by atoms with van der Waals surface area (Å²) in [4.78, 5) is 40.2. The fraction of sp³-hybridized carbons (Fsp3) is 0.167. The number of hydrogen-bond acceptors (Lipinski definition) is 6. The standard InChI is InChI=1S/C30H27BrN2O6/c1-4-38-30(36)28-19(2)33(22-13-11-21(31)12-14-22)29(35)24(28)17-20-9-15-23(16-10-20)39-18-27(34)32-25-7-5-6-8-26(25)37-3/h5-17H,4,18H2,1-3H3,(H,32,34)/b24-17-. The van der Waals surface area contributed by atoms with Crippen LogP contribution in [-0.2, 0) is 19.1 Å². The molecule has 200 valence electrons. The highest BCUT2D eigenvalue weighted by Crippen LogP contribution is 2.36. The monoisotopic (exact) mass is 590 g/mol. The zero-order chi connectivity index (χ0) is 27.9. The summed E-state index contributed by atoms with van der Waals surface area (Å²) >= 11 is 3.40. The number of ether oxygens (including phenoxy) is 3. The third kappa shape index (κ3) is 6.38. The number of methoxy groups -OCH3 is 1. The molecule has 9 heteroatoms. The predicted octanol–water partition coefficient (Wildman–Crippen LogP) is 5.74. The van der Waals surface area contributed by atoms with Gasteiger partial charge in [0.05, 0.1) is 30.6 Å². The van der Waals surface area contributed by atoms with Crippen molar-refractivity contribution in [3.05, 3.63) is 99.7 Å². The number of amides is 2. The Hall–Kier alpha value is -4.37. The highest BCUT2D eigenvalue weighted by molar-refractivity contribution is 9.10. The van der Waals surface area contributed by atoms with Crippen LogP contribution in [0.4, 0.5) is 11.4 Å². The molecular weight excluding hydrogens is 564 g/mol. The maximum absolute atomic E-state index is 13.5. The first kappa shape index (κ1) is 27.7. The van der Waals surface area contributed by atoms with E-state index in [9.17, 15) is 14.4 Å². The van der Waals surface area contributed by atoms with E-state index in [2.05, 4.69) is 21.2 Å². The van der Waals surface area contributed by atoms with Gasteiger partial charge in [-0.3, -0.25) is 14.5 Å². The molecule has 0 saturated heterocycles. The van der Waals surface area contributed by atoms with E-state index in [1.54, 1.807) is 74.5 Å². The van der Waals surface area contributed by atoms with Crippen LogP contribution in [0.3, 0.4) is 0 Å². The minimum atomic E-state index is -0.560. The zero-order valence-corrected chi connectivity index (χ0v) is 23.3. The van der Waals surface area contributed by atoms with Gasteiger partial charge in [-0.15, -0.1) is 0 Å². The van der Waals surface area contributed by atoms with Crippen molar-refractivity contribution in [1.29, 1.82) is 0 Å². The van der Waals surface area contributed by atoms with Crippen molar-refractivity contribution in [2.75, 3.05) is 30.5 Å². The van der Waals surface area contributed by atoms with Crippen LogP contribution in [-0.4, -0.2) is 38.1 Å². The predicted molar refractivity (Wildman–Crippen MR) is 152 cm³/mol. The van der Waals surface area contributed by atoms with Gasteiger partial charge in [-0.2, -0.15) is 0 Å². The van der Waals surface area contributed by atoms with Crippen molar-refractivity contribution >= 4 is 51.2 Å². The normalized spacial score (nSPS) is 14.0. The number of anilines is 2. The minimum absolute atomic E-state index is 0.187. The van der Waals surface area contributed by atoms with E-state index in [0.29, 0.717) is 34.1 Å². The Morgan fingerprint density at radius 3 is 2.36 bits per heavy atom. The van der Waals surface area contributed by atoms with E-state index in [-0.39, 0.29) is 36.2 Å². The lowest BCUT2D eigenvalue weighted by molar-refractivity contribution is -0.138. The Morgan fingerprint density at radius 2 is 1.69 bits per heavy atom. The number of carbonyl (C=O) groups is 3. The number of para-hydroxylation sites is 2. The van der Waals surface area contributed by atoms with Crippen molar-refractivity contribution in [3.63, 3.8) is 0 Å². The molecule has 1 heterocycles. The molecular formula is C30H27BrN2O6. The Bertz CT molecular complexity index is 1450. The second-order valence-electron chi connectivity index (χ2n) is 8.46. The van der Waals surface area contributed by atoms with Crippen LogP contribution in [0.2, 0.25) is 0 Å². The lowest BCUT2D eigenvalue weighted by atomic mass is 10.0. The van der Waals surface area contributed by atoms with Crippen molar-refractivity contribution < 1.29 is 28.6 Å². The van der Waals surface area contributed by atoms with Gasteiger partial charge in [-0.1, -0.05) is 40.2 Å². The largest absolute Gasteiger partial charge is 0.495 e. The molecule has 8 nitrogen and oxygen atoms in total. The highest BCUT2D eigenvalue weighted by atomic mass is 79.9. The number of halogens is 1. The molecule has 1 aliphatic rings. The molecule has 2 amide bonds. The zero-order valence-electron chi connectivity index (χ0n) is 21.7. The van der Waals surface area contributed by atoms with Crippen LogP contribution in [0, 0.1) is 0 Å². The lowest BCUT2D eigenvalue weighted by Gasteiger charge is -2.18. The molecule has 0 saturated carbocycles. The van der Waals surface area contributed by atoms with Crippen molar-refractivity contribution in [2.45, 2.75) is 13.8 Å². The summed E-state index contributed by atoms with van der Waals surface area (Å²) in [5, 5.41) is 2.75. The van der Waals surface area contributed by atoms with Gasteiger partial charge in [0, 0.05) is 15.9 Å². The molecule has 1 N–H and O–H groups in total. The second kappa shape index (κ2) is 12.4. The number of allylic oxidation sites excluding steroid dienone is 1. The number of nitrogens with zero attached hydrogens (tertiary/aromatic N) is 1.